The second kappa shape index (κ2) is 5.85. The fourth-order valence-corrected chi connectivity index (χ4v) is 2.33. The highest BCUT2D eigenvalue weighted by Gasteiger charge is 2.20. The molecule has 0 N–H and O–H groups in total. The monoisotopic (exact) mass is 230 g/mol. The predicted molar refractivity (Wildman–Crippen MR) is 75.3 cm³/mol. The molecule has 1 aliphatic heterocycles. The lowest BCUT2D eigenvalue weighted by Gasteiger charge is -2.09. The van der Waals surface area contributed by atoms with Crippen molar-refractivity contribution in [1.29, 1.82) is 0 Å². The van der Waals surface area contributed by atoms with Gasteiger partial charge < -0.3 is 4.90 Å². The van der Waals surface area contributed by atoms with E-state index in [9.17, 15) is 0 Å². The van der Waals surface area contributed by atoms with Gasteiger partial charge in [0.1, 0.15) is 0 Å². The molecule has 0 saturated heterocycles. The fraction of sp³-hybridized carbons (Fsp3) is 0.533. The van der Waals surface area contributed by atoms with Gasteiger partial charge in [0.2, 0.25) is 0 Å². The topological polar surface area (TPSA) is 15.6 Å². The zero-order valence-corrected chi connectivity index (χ0v) is 10.9. The smallest absolute Gasteiger partial charge is 0.0634 e. The van der Waals surface area contributed by atoms with Crippen molar-refractivity contribution in [3.05, 3.63) is 29.8 Å². The first-order valence-corrected chi connectivity index (χ1v) is 6.66. The first kappa shape index (κ1) is 12.2. The number of rotatable bonds is 5. The van der Waals surface area contributed by atoms with Crippen molar-refractivity contribution in [3.63, 3.8) is 0 Å². The van der Waals surface area contributed by atoms with Gasteiger partial charge in [0.25, 0.3) is 0 Å². The Hall–Kier alpha value is -1.31. The first-order valence-electron chi connectivity index (χ1n) is 6.66. The molecule has 1 aromatic rings. The van der Waals surface area contributed by atoms with Crippen LogP contribution >= 0.6 is 0 Å². The molecule has 1 heterocycles. The Morgan fingerprint density at radius 3 is 2.82 bits per heavy atom. The van der Waals surface area contributed by atoms with Gasteiger partial charge in [-0.2, -0.15) is 0 Å². The van der Waals surface area contributed by atoms with Crippen LogP contribution in [-0.2, 0) is 0 Å². The van der Waals surface area contributed by atoms with Crippen molar-refractivity contribution < 1.29 is 0 Å². The average molecular weight is 230 g/mol. The SMILES string of the molecule is CCCCCCN=C1CN(C)c2ccccc21. The standard InChI is InChI=1S/C15H22N2/c1-3-4-5-8-11-16-14-12-17(2)15-10-7-6-9-13(14)15/h6-7,9-10H,3-5,8,11-12H2,1-2H3. The summed E-state index contributed by atoms with van der Waals surface area (Å²) in [7, 11) is 2.14. The minimum absolute atomic E-state index is 0.965. The number of para-hydroxylation sites is 1. The lowest BCUT2D eigenvalue weighted by atomic mass is 10.1. The van der Waals surface area contributed by atoms with Crippen LogP contribution in [0, 0.1) is 0 Å². The van der Waals surface area contributed by atoms with Crippen molar-refractivity contribution in [2.45, 2.75) is 32.6 Å². The molecule has 92 valence electrons. The van der Waals surface area contributed by atoms with E-state index in [-0.39, 0.29) is 0 Å². The summed E-state index contributed by atoms with van der Waals surface area (Å²) in [6.07, 6.45) is 5.16. The summed E-state index contributed by atoms with van der Waals surface area (Å²) >= 11 is 0. The molecule has 1 aliphatic rings. The van der Waals surface area contributed by atoms with E-state index in [0.29, 0.717) is 0 Å². The van der Waals surface area contributed by atoms with Gasteiger partial charge >= 0.3 is 0 Å². The minimum Gasteiger partial charge on any atom is -0.368 e. The van der Waals surface area contributed by atoms with Gasteiger partial charge in [0.05, 0.1) is 12.3 Å². The van der Waals surface area contributed by atoms with Gasteiger partial charge in [-0.1, -0.05) is 44.4 Å². The normalized spacial score (nSPS) is 16.6. The summed E-state index contributed by atoms with van der Waals surface area (Å²) in [5, 5.41) is 0. The molecule has 2 nitrogen and oxygen atoms in total. The van der Waals surface area contributed by atoms with Crippen LogP contribution in [0.15, 0.2) is 29.3 Å². The highest BCUT2D eigenvalue weighted by atomic mass is 15.1. The molecule has 0 atom stereocenters. The summed E-state index contributed by atoms with van der Waals surface area (Å²) < 4.78 is 0. The summed E-state index contributed by atoms with van der Waals surface area (Å²) in [5.41, 5.74) is 3.91. The Bertz CT molecular complexity index is 396. The number of aliphatic imine (C=N–C) groups is 1. The number of anilines is 1. The van der Waals surface area contributed by atoms with Crippen LogP contribution < -0.4 is 4.90 Å². The summed E-state index contributed by atoms with van der Waals surface area (Å²) in [4.78, 5) is 7.04. The lowest BCUT2D eigenvalue weighted by Crippen LogP contribution is -2.16. The third-order valence-corrected chi connectivity index (χ3v) is 3.33. The number of nitrogens with zero attached hydrogens (tertiary/aromatic N) is 2. The van der Waals surface area contributed by atoms with Gasteiger partial charge in [-0.05, 0) is 12.5 Å². The lowest BCUT2D eigenvalue weighted by molar-refractivity contribution is 0.675. The van der Waals surface area contributed by atoms with E-state index in [2.05, 4.69) is 43.1 Å². The van der Waals surface area contributed by atoms with Gasteiger partial charge in [-0.25, -0.2) is 0 Å². The second-order valence-electron chi connectivity index (χ2n) is 4.76. The Kier molecular flexibility index (Phi) is 4.18. The van der Waals surface area contributed by atoms with E-state index < -0.39 is 0 Å². The van der Waals surface area contributed by atoms with E-state index in [0.717, 1.165) is 13.1 Å². The summed E-state index contributed by atoms with van der Waals surface area (Å²) in [6.45, 7) is 4.19. The van der Waals surface area contributed by atoms with Crippen LogP contribution in [0.2, 0.25) is 0 Å². The van der Waals surface area contributed by atoms with Crippen LogP contribution in [0.4, 0.5) is 5.69 Å². The predicted octanol–water partition coefficient (Wildman–Crippen LogP) is 3.51. The van der Waals surface area contributed by atoms with E-state index in [1.165, 1.54) is 42.6 Å². The molecule has 2 rings (SSSR count). The minimum atomic E-state index is 0.965. The van der Waals surface area contributed by atoms with Crippen LogP contribution in [0.3, 0.4) is 0 Å². The number of likely N-dealkylation sites (N-methyl/N-ethyl adjacent to an activating group) is 1. The largest absolute Gasteiger partial charge is 0.368 e. The van der Waals surface area contributed by atoms with Crippen molar-refractivity contribution in [1.82, 2.24) is 0 Å². The highest BCUT2D eigenvalue weighted by Crippen LogP contribution is 2.26. The number of fused-ring (bicyclic) bond motifs is 1. The number of benzene rings is 1. The Balaban J connectivity index is 1.97. The molecule has 0 aromatic heterocycles. The van der Waals surface area contributed by atoms with Crippen LogP contribution in [0.1, 0.15) is 38.2 Å². The number of unbranched alkanes of at least 4 members (excludes halogenated alkanes) is 3. The maximum atomic E-state index is 4.76. The van der Waals surface area contributed by atoms with E-state index in [1.54, 1.807) is 0 Å². The second-order valence-corrected chi connectivity index (χ2v) is 4.76. The summed E-state index contributed by atoms with van der Waals surface area (Å²) in [6, 6.07) is 8.56. The van der Waals surface area contributed by atoms with E-state index >= 15 is 0 Å². The van der Waals surface area contributed by atoms with Crippen LogP contribution in [0.25, 0.3) is 0 Å². The molecule has 0 unspecified atom stereocenters. The van der Waals surface area contributed by atoms with E-state index in [4.69, 9.17) is 4.99 Å². The maximum absolute atomic E-state index is 4.76. The zero-order valence-electron chi connectivity index (χ0n) is 10.9. The molecule has 0 amide bonds. The molecule has 0 aliphatic carbocycles. The van der Waals surface area contributed by atoms with Gasteiger partial charge in [0, 0.05) is 24.8 Å². The summed E-state index contributed by atoms with van der Waals surface area (Å²) in [5.74, 6) is 0. The fourth-order valence-electron chi connectivity index (χ4n) is 2.33. The molecule has 2 heteroatoms. The molecule has 0 spiro atoms. The van der Waals surface area contributed by atoms with Crippen molar-refractivity contribution in [2.75, 3.05) is 25.0 Å². The maximum Gasteiger partial charge on any atom is 0.0634 e. The molecular weight excluding hydrogens is 208 g/mol. The molecule has 1 aromatic carbocycles. The van der Waals surface area contributed by atoms with E-state index in [1.807, 2.05) is 0 Å². The first-order chi connectivity index (χ1) is 8.33. The molecule has 0 saturated carbocycles. The van der Waals surface area contributed by atoms with Gasteiger partial charge in [-0.3, -0.25) is 4.99 Å². The molecule has 0 bridgehead atoms. The van der Waals surface area contributed by atoms with Gasteiger partial charge in [-0.15, -0.1) is 0 Å². The van der Waals surface area contributed by atoms with Crippen LogP contribution in [-0.4, -0.2) is 25.8 Å². The number of hydrogen-bond acceptors (Lipinski definition) is 2. The Morgan fingerprint density at radius 1 is 1.18 bits per heavy atom. The highest BCUT2D eigenvalue weighted by molar-refractivity contribution is 6.11. The zero-order chi connectivity index (χ0) is 12.1. The Labute approximate surface area is 104 Å². The van der Waals surface area contributed by atoms with Crippen molar-refractivity contribution >= 4 is 11.4 Å². The third-order valence-electron chi connectivity index (χ3n) is 3.33. The molecule has 0 fully saturated rings. The van der Waals surface area contributed by atoms with Gasteiger partial charge in [0.15, 0.2) is 0 Å². The molecule has 17 heavy (non-hydrogen) atoms. The molecule has 0 radical (unpaired) electrons. The third kappa shape index (κ3) is 2.87. The molecular formula is C15H22N2. The van der Waals surface area contributed by atoms with Crippen molar-refractivity contribution in [2.24, 2.45) is 4.99 Å². The Morgan fingerprint density at radius 2 is 2.00 bits per heavy atom. The average Bonchev–Trinajstić information content (AvgIpc) is 2.67. The number of hydrogen-bond donors (Lipinski definition) is 0. The van der Waals surface area contributed by atoms with Crippen LogP contribution in [0.5, 0.6) is 0 Å². The van der Waals surface area contributed by atoms with Crippen molar-refractivity contribution in [3.8, 4) is 0 Å². The quantitative estimate of drug-likeness (QED) is 0.707.